The summed E-state index contributed by atoms with van der Waals surface area (Å²) in [7, 11) is -1.33. The van der Waals surface area contributed by atoms with E-state index in [1.807, 2.05) is 13.8 Å². The highest BCUT2D eigenvalue weighted by molar-refractivity contribution is 6.44. The van der Waals surface area contributed by atoms with E-state index in [1.54, 1.807) is 0 Å². The topological polar surface area (TPSA) is 18.5 Å². The monoisotopic (exact) mass is 204 g/mol. The maximum Gasteiger partial charge on any atom is 0.321 e. The summed E-state index contributed by atoms with van der Waals surface area (Å²) in [6, 6.07) is 1.13. The molecule has 0 aliphatic carbocycles. The molecule has 0 aliphatic heterocycles. The standard InChI is InChI=1S/C10H24O2Si/c1-6-11-13(12-7-2)9-8-10(3,4)5/h13H,6-9H2,1-5H3. The van der Waals surface area contributed by atoms with E-state index in [0.717, 1.165) is 19.3 Å². The molecule has 13 heavy (non-hydrogen) atoms. The first-order valence-electron chi connectivity index (χ1n) is 5.22. The molecular weight excluding hydrogens is 180 g/mol. The molecule has 0 saturated heterocycles. The minimum atomic E-state index is -1.33. The molecule has 0 spiro atoms. The molecular formula is C10H24O2Si. The quantitative estimate of drug-likeness (QED) is 0.619. The maximum atomic E-state index is 5.59. The smallest absolute Gasteiger partial charge is 0.321 e. The Hall–Kier alpha value is 0.137. The van der Waals surface area contributed by atoms with Gasteiger partial charge in [0, 0.05) is 13.2 Å². The highest BCUT2D eigenvalue weighted by Gasteiger charge is 2.17. The molecule has 0 aliphatic rings. The van der Waals surface area contributed by atoms with E-state index in [1.165, 1.54) is 6.42 Å². The first-order valence-corrected chi connectivity index (χ1v) is 6.98. The van der Waals surface area contributed by atoms with Crippen LogP contribution in [0.2, 0.25) is 6.04 Å². The van der Waals surface area contributed by atoms with Gasteiger partial charge in [-0.15, -0.1) is 0 Å². The van der Waals surface area contributed by atoms with Crippen LogP contribution in [0.25, 0.3) is 0 Å². The molecule has 2 nitrogen and oxygen atoms in total. The zero-order valence-corrected chi connectivity index (χ0v) is 10.9. The number of rotatable bonds is 6. The van der Waals surface area contributed by atoms with Crippen molar-refractivity contribution in [1.29, 1.82) is 0 Å². The van der Waals surface area contributed by atoms with Crippen LogP contribution in [-0.2, 0) is 8.85 Å². The molecule has 0 aromatic heterocycles. The van der Waals surface area contributed by atoms with Crippen LogP contribution in [0.1, 0.15) is 41.0 Å². The minimum absolute atomic E-state index is 0.402. The van der Waals surface area contributed by atoms with E-state index in [2.05, 4.69) is 20.8 Å². The second kappa shape index (κ2) is 6.57. The van der Waals surface area contributed by atoms with Gasteiger partial charge >= 0.3 is 9.28 Å². The normalized spacial score (nSPS) is 12.5. The highest BCUT2D eigenvalue weighted by Crippen LogP contribution is 2.22. The van der Waals surface area contributed by atoms with Gasteiger partial charge in [0.05, 0.1) is 0 Å². The molecule has 3 heteroatoms. The lowest BCUT2D eigenvalue weighted by Crippen LogP contribution is -2.24. The Morgan fingerprint density at radius 2 is 1.46 bits per heavy atom. The zero-order chi connectivity index (χ0) is 10.3. The van der Waals surface area contributed by atoms with E-state index >= 15 is 0 Å². The Labute approximate surface area is 84.5 Å². The van der Waals surface area contributed by atoms with Crippen LogP contribution < -0.4 is 0 Å². The van der Waals surface area contributed by atoms with Crippen molar-refractivity contribution in [2.75, 3.05) is 13.2 Å². The fraction of sp³-hybridized carbons (Fsp3) is 1.00. The summed E-state index contributed by atoms with van der Waals surface area (Å²) in [5.74, 6) is 0. The number of hydrogen-bond acceptors (Lipinski definition) is 2. The number of hydrogen-bond donors (Lipinski definition) is 0. The molecule has 0 atom stereocenters. The molecule has 0 amide bonds. The minimum Gasteiger partial charge on any atom is -0.397 e. The highest BCUT2D eigenvalue weighted by atomic mass is 28.3. The van der Waals surface area contributed by atoms with Gasteiger partial charge in [-0.2, -0.15) is 0 Å². The predicted molar refractivity (Wildman–Crippen MR) is 59.3 cm³/mol. The first kappa shape index (κ1) is 13.1. The van der Waals surface area contributed by atoms with E-state index in [-0.39, 0.29) is 0 Å². The third-order valence-corrected chi connectivity index (χ3v) is 4.01. The van der Waals surface area contributed by atoms with Crippen LogP contribution in [0, 0.1) is 5.41 Å². The Morgan fingerprint density at radius 3 is 1.77 bits per heavy atom. The summed E-state index contributed by atoms with van der Waals surface area (Å²) < 4.78 is 11.2. The van der Waals surface area contributed by atoms with E-state index in [9.17, 15) is 0 Å². The third-order valence-electron chi connectivity index (χ3n) is 1.84. The van der Waals surface area contributed by atoms with Crippen LogP contribution in [0.4, 0.5) is 0 Å². The summed E-state index contributed by atoms with van der Waals surface area (Å²) in [5, 5.41) is 0. The van der Waals surface area contributed by atoms with Crippen molar-refractivity contribution in [2.45, 2.75) is 47.1 Å². The molecule has 0 unspecified atom stereocenters. The van der Waals surface area contributed by atoms with E-state index in [0.29, 0.717) is 5.41 Å². The van der Waals surface area contributed by atoms with Gasteiger partial charge in [-0.05, 0) is 31.7 Å². The second-order valence-electron chi connectivity index (χ2n) is 4.44. The van der Waals surface area contributed by atoms with Gasteiger partial charge in [-0.3, -0.25) is 0 Å². The van der Waals surface area contributed by atoms with Crippen LogP contribution in [0.3, 0.4) is 0 Å². The summed E-state index contributed by atoms with van der Waals surface area (Å²) in [6.45, 7) is 12.4. The maximum absolute atomic E-state index is 5.59. The fourth-order valence-corrected chi connectivity index (χ4v) is 3.41. The molecule has 0 bridgehead atoms. The van der Waals surface area contributed by atoms with Gasteiger partial charge in [0.2, 0.25) is 0 Å². The van der Waals surface area contributed by atoms with Gasteiger partial charge in [-0.25, -0.2) is 0 Å². The molecule has 0 heterocycles. The van der Waals surface area contributed by atoms with Crippen molar-refractivity contribution >= 4 is 9.28 Å². The van der Waals surface area contributed by atoms with Gasteiger partial charge in [0.15, 0.2) is 0 Å². The Balaban J connectivity index is 3.68. The van der Waals surface area contributed by atoms with Crippen molar-refractivity contribution in [1.82, 2.24) is 0 Å². The lowest BCUT2D eigenvalue weighted by Gasteiger charge is -2.21. The second-order valence-corrected chi connectivity index (χ2v) is 6.54. The van der Waals surface area contributed by atoms with Crippen molar-refractivity contribution in [3.05, 3.63) is 0 Å². The van der Waals surface area contributed by atoms with Crippen LogP contribution in [0.15, 0.2) is 0 Å². The van der Waals surface area contributed by atoms with E-state index in [4.69, 9.17) is 8.85 Å². The average molecular weight is 204 g/mol. The largest absolute Gasteiger partial charge is 0.397 e. The Kier molecular flexibility index (Phi) is 6.64. The van der Waals surface area contributed by atoms with Gasteiger partial charge < -0.3 is 8.85 Å². The first-order chi connectivity index (χ1) is 5.99. The molecule has 0 rings (SSSR count). The van der Waals surface area contributed by atoms with Crippen molar-refractivity contribution in [2.24, 2.45) is 5.41 Å². The average Bonchev–Trinajstić information content (AvgIpc) is 2.00. The SMILES string of the molecule is CCO[SiH](CCC(C)(C)C)OCC. The van der Waals surface area contributed by atoms with Gasteiger partial charge in [0.25, 0.3) is 0 Å². The lowest BCUT2D eigenvalue weighted by atomic mass is 9.94. The summed E-state index contributed by atoms with van der Waals surface area (Å²) in [5.41, 5.74) is 0.402. The summed E-state index contributed by atoms with van der Waals surface area (Å²) >= 11 is 0. The molecule has 0 aromatic carbocycles. The van der Waals surface area contributed by atoms with Gasteiger partial charge in [-0.1, -0.05) is 20.8 Å². The molecule has 0 N–H and O–H groups in total. The Bertz CT molecular complexity index is 115. The molecule has 0 aromatic rings. The molecule has 0 saturated carbocycles. The van der Waals surface area contributed by atoms with Crippen LogP contribution in [0.5, 0.6) is 0 Å². The summed E-state index contributed by atoms with van der Waals surface area (Å²) in [6.07, 6.45) is 1.20. The Morgan fingerprint density at radius 1 is 1.00 bits per heavy atom. The van der Waals surface area contributed by atoms with Crippen molar-refractivity contribution < 1.29 is 8.85 Å². The fourth-order valence-electron chi connectivity index (χ4n) is 1.14. The predicted octanol–water partition coefficient (Wildman–Crippen LogP) is 2.72. The molecule has 0 fully saturated rings. The molecule has 0 radical (unpaired) electrons. The zero-order valence-electron chi connectivity index (χ0n) is 9.72. The summed E-state index contributed by atoms with van der Waals surface area (Å²) in [4.78, 5) is 0. The lowest BCUT2D eigenvalue weighted by molar-refractivity contribution is 0.208. The van der Waals surface area contributed by atoms with Crippen LogP contribution >= 0.6 is 0 Å². The van der Waals surface area contributed by atoms with Crippen LogP contribution in [-0.4, -0.2) is 22.5 Å². The van der Waals surface area contributed by atoms with E-state index < -0.39 is 9.28 Å². The van der Waals surface area contributed by atoms with Crippen molar-refractivity contribution in [3.8, 4) is 0 Å². The van der Waals surface area contributed by atoms with Gasteiger partial charge in [0.1, 0.15) is 0 Å². The van der Waals surface area contributed by atoms with Crippen molar-refractivity contribution in [3.63, 3.8) is 0 Å². The third kappa shape index (κ3) is 8.47. The molecule has 80 valence electrons.